The summed E-state index contributed by atoms with van der Waals surface area (Å²) in [6.07, 6.45) is 4.54. The van der Waals surface area contributed by atoms with E-state index < -0.39 is 0 Å². The summed E-state index contributed by atoms with van der Waals surface area (Å²) in [6, 6.07) is 3.34. The zero-order valence-electron chi connectivity index (χ0n) is 8.35. The van der Waals surface area contributed by atoms with Crippen LogP contribution in [0.4, 0.5) is 0 Å². The molecule has 1 amide bonds. The van der Waals surface area contributed by atoms with Gasteiger partial charge in [-0.3, -0.25) is 14.6 Å². The summed E-state index contributed by atoms with van der Waals surface area (Å²) in [5.74, 6) is 0.0640. The quantitative estimate of drug-likeness (QED) is 0.682. The maximum absolute atomic E-state index is 11.9. The Labute approximate surface area is 87.9 Å². The molecule has 0 N–H and O–H groups in total. The summed E-state index contributed by atoms with van der Waals surface area (Å²) in [6.45, 7) is 0.925. The number of hydrogen-bond acceptors (Lipinski definition) is 3. The number of piperidine rings is 1. The van der Waals surface area contributed by atoms with E-state index in [0.29, 0.717) is 18.5 Å². The number of nitrogens with zero attached hydrogens (tertiary/aromatic N) is 2. The average Bonchev–Trinajstić information content (AvgIpc) is 2.29. The van der Waals surface area contributed by atoms with E-state index >= 15 is 0 Å². The van der Waals surface area contributed by atoms with Crippen molar-refractivity contribution >= 4 is 11.7 Å². The predicted molar refractivity (Wildman–Crippen MR) is 54.4 cm³/mol. The molecular weight excluding hydrogens is 192 g/mol. The van der Waals surface area contributed by atoms with Crippen LogP contribution in [0.3, 0.4) is 0 Å². The van der Waals surface area contributed by atoms with Gasteiger partial charge in [-0.05, 0) is 18.6 Å². The Morgan fingerprint density at radius 2 is 2.07 bits per heavy atom. The number of carbonyl (C=O) groups is 2. The van der Waals surface area contributed by atoms with Crippen molar-refractivity contribution in [2.75, 3.05) is 13.1 Å². The largest absolute Gasteiger partial charge is 0.331 e. The van der Waals surface area contributed by atoms with Crippen LogP contribution < -0.4 is 0 Å². The van der Waals surface area contributed by atoms with Crippen molar-refractivity contribution < 1.29 is 9.59 Å². The van der Waals surface area contributed by atoms with Crippen molar-refractivity contribution in [2.45, 2.75) is 12.8 Å². The van der Waals surface area contributed by atoms with Gasteiger partial charge in [-0.1, -0.05) is 0 Å². The number of aromatic nitrogens is 1. The Morgan fingerprint density at radius 3 is 2.73 bits per heavy atom. The molecule has 1 fully saturated rings. The second kappa shape index (κ2) is 4.21. The molecule has 2 rings (SSSR count). The van der Waals surface area contributed by atoms with Gasteiger partial charge in [0.05, 0.1) is 6.54 Å². The SMILES string of the molecule is O=C1CCCN(C(=O)c2ccncc2)C1. The molecular formula is C11H12N2O2. The Morgan fingerprint density at radius 1 is 1.33 bits per heavy atom. The first kappa shape index (κ1) is 9.83. The normalized spacial score (nSPS) is 16.5. The third-order valence-electron chi connectivity index (χ3n) is 2.47. The van der Waals surface area contributed by atoms with Gasteiger partial charge in [0.1, 0.15) is 0 Å². The van der Waals surface area contributed by atoms with Crippen LogP contribution in [-0.4, -0.2) is 34.7 Å². The lowest BCUT2D eigenvalue weighted by molar-refractivity contribution is -0.121. The van der Waals surface area contributed by atoms with Crippen LogP contribution in [0.2, 0.25) is 0 Å². The Hall–Kier alpha value is -1.71. The molecule has 1 aliphatic heterocycles. The number of hydrogen-bond donors (Lipinski definition) is 0. The van der Waals surface area contributed by atoms with Gasteiger partial charge in [-0.15, -0.1) is 0 Å². The van der Waals surface area contributed by atoms with Gasteiger partial charge in [-0.25, -0.2) is 0 Å². The zero-order valence-corrected chi connectivity index (χ0v) is 8.35. The number of amides is 1. The number of Topliss-reactive ketones (excluding diaryl/α,β-unsaturated/α-hetero) is 1. The van der Waals surface area contributed by atoms with E-state index in [1.165, 1.54) is 0 Å². The highest BCUT2D eigenvalue weighted by atomic mass is 16.2. The van der Waals surface area contributed by atoms with Crippen LogP contribution in [0, 0.1) is 0 Å². The summed E-state index contributed by atoms with van der Waals surface area (Å²) in [5, 5.41) is 0. The number of carbonyl (C=O) groups excluding carboxylic acids is 2. The molecule has 0 aliphatic carbocycles. The molecule has 0 saturated carbocycles. The van der Waals surface area contributed by atoms with E-state index in [4.69, 9.17) is 0 Å². The fourth-order valence-corrected chi connectivity index (χ4v) is 1.69. The third kappa shape index (κ3) is 2.21. The first-order chi connectivity index (χ1) is 7.27. The number of pyridine rings is 1. The minimum Gasteiger partial charge on any atom is -0.331 e. The molecule has 0 bridgehead atoms. The summed E-state index contributed by atoms with van der Waals surface area (Å²) < 4.78 is 0. The van der Waals surface area contributed by atoms with Crippen LogP contribution >= 0.6 is 0 Å². The highest BCUT2D eigenvalue weighted by molar-refractivity contribution is 5.97. The van der Waals surface area contributed by atoms with E-state index in [-0.39, 0.29) is 18.2 Å². The van der Waals surface area contributed by atoms with Gasteiger partial charge >= 0.3 is 0 Å². The van der Waals surface area contributed by atoms with Crippen LogP contribution in [0.5, 0.6) is 0 Å². The van der Waals surface area contributed by atoms with Crippen molar-refractivity contribution in [2.24, 2.45) is 0 Å². The van der Waals surface area contributed by atoms with Crippen LogP contribution in [0.1, 0.15) is 23.2 Å². The summed E-state index contributed by atoms with van der Waals surface area (Å²) >= 11 is 0. The first-order valence-electron chi connectivity index (χ1n) is 4.98. The zero-order chi connectivity index (χ0) is 10.7. The summed E-state index contributed by atoms with van der Waals surface area (Å²) in [5.41, 5.74) is 0.597. The smallest absolute Gasteiger partial charge is 0.254 e. The summed E-state index contributed by atoms with van der Waals surface area (Å²) in [4.78, 5) is 28.5. The lowest BCUT2D eigenvalue weighted by atomic mass is 10.1. The number of ketones is 1. The first-order valence-corrected chi connectivity index (χ1v) is 4.98. The molecule has 0 aromatic carbocycles. The molecule has 78 valence electrons. The van der Waals surface area contributed by atoms with E-state index in [2.05, 4.69) is 4.98 Å². The Kier molecular flexibility index (Phi) is 2.76. The van der Waals surface area contributed by atoms with Gasteiger partial charge in [-0.2, -0.15) is 0 Å². The Balaban J connectivity index is 2.11. The monoisotopic (exact) mass is 204 g/mol. The maximum Gasteiger partial charge on any atom is 0.254 e. The van der Waals surface area contributed by atoms with Crippen molar-refractivity contribution in [3.8, 4) is 0 Å². The molecule has 15 heavy (non-hydrogen) atoms. The average molecular weight is 204 g/mol. The van der Waals surface area contributed by atoms with Gasteiger partial charge in [0.2, 0.25) is 0 Å². The molecule has 1 aromatic rings. The standard InChI is InChI=1S/C11H12N2O2/c14-10-2-1-7-13(8-10)11(15)9-3-5-12-6-4-9/h3-6H,1-2,7-8H2. The minimum absolute atomic E-state index is 0.0783. The molecule has 1 aromatic heterocycles. The van der Waals surface area contributed by atoms with E-state index in [9.17, 15) is 9.59 Å². The molecule has 4 nitrogen and oxygen atoms in total. The molecule has 1 aliphatic rings. The minimum atomic E-state index is -0.0783. The van der Waals surface area contributed by atoms with Gasteiger partial charge in [0.25, 0.3) is 5.91 Å². The third-order valence-corrected chi connectivity index (χ3v) is 2.47. The van der Waals surface area contributed by atoms with Crippen LogP contribution in [-0.2, 0) is 4.79 Å². The molecule has 4 heteroatoms. The van der Waals surface area contributed by atoms with Gasteiger partial charge in [0.15, 0.2) is 5.78 Å². The molecule has 0 atom stereocenters. The lowest BCUT2D eigenvalue weighted by Gasteiger charge is -2.25. The van der Waals surface area contributed by atoms with E-state index in [0.717, 1.165) is 6.42 Å². The van der Waals surface area contributed by atoms with Crippen molar-refractivity contribution in [1.82, 2.24) is 9.88 Å². The number of rotatable bonds is 1. The summed E-state index contributed by atoms with van der Waals surface area (Å²) in [7, 11) is 0. The molecule has 0 radical (unpaired) electrons. The number of likely N-dealkylation sites (tertiary alicyclic amines) is 1. The van der Waals surface area contributed by atoms with Gasteiger partial charge in [0, 0.05) is 30.9 Å². The topological polar surface area (TPSA) is 50.3 Å². The Bertz CT molecular complexity index is 375. The van der Waals surface area contributed by atoms with E-state index in [1.807, 2.05) is 0 Å². The second-order valence-corrected chi connectivity index (χ2v) is 3.60. The molecule has 1 saturated heterocycles. The highest BCUT2D eigenvalue weighted by Gasteiger charge is 2.22. The van der Waals surface area contributed by atoms with E-state index in [1.54, 1.807) is 29.4 Å². The van der Waals surface area contributed by atoms with Crippen molar-refractivity contribution in [1.29, 1.82) is 0 Å². The fraction of sp³-hybridized carbons (Fsp3) is 0.364. The van der Waals surface area contributed by atoms with Crippen LogP contribution in [0.15, 0.2) is 24.5 Å². The molecule has 2 heterocycles. The highest BCUT2D eigenvalue weighted by Crippen LogP contribution is 2.10. The second-order valence-electron chi connectivity index (χ2n) is 3.60. The fourth-order valence-electron chi connectivity index (χ4n) is 1.69. The lowest BCUT2D eigenvalue weighted by Crippen LogP contribution is -2.40. The molecule has 0 unspecified atom stereocenters. The van der Waals surface area contributed by atoms with Crippen molar-refractivity contribution in [3.05, 3.63) is 30.1 Å². The predicted octanol–water partition coefficient (Wildman–Crippen LogP) is 0.887. The van der Waals surface area contributed by atoms with Crippen molar-refractivity contribution in [3.63, 3.8) is 0 Å². The van der Waals surface area contributed by atoms with Gasteiger partial charge < -0.3 is 4.90 Å². The molecule has 0 spiro atoms. The van der Waals surface area contributed by atoms with Crippen LogP contribution in [0.25, 0.3) is 0 Å². The maximum atomic E-state index is 11.9.